The van der Waals surface area contributed by atoms with Crippen LogP contribution < -0.4 is 10.6 Å². The molecule has 0 radical (unpaired) electrons. The third kappa shape index (κ3) is 5.67. The van der Waals surface area contributed by atoms with Gasteiger partial charge < -0.3 is 15.5 Å². The number of hydrogen-bond acceptors (Lipinski definition) is 5. The summed E-state index contributed by atoms with van der Waals surface area (Å²) in [7, 11) is 1.80. The van der Waals surface area contributed by atoms with Crippen LogP contribution in [0.25, 0.3) is 0 Å². The van der Waals surface area contributed by atoms with Crippen LogP contribution in [-0.2, 0) is 11.3 Å². The molecule has 1 aromatic rings. The number of amides is 1. The zero-order valence-electron chi connectivity index (χ0n) is 17.5. The molecule has 1 aliphatic carbocycles. The van der Waals surface area contributed by atoms with Gasteiger partial charge in [0.25, 0.3) is 0 Å². The van der Waals surface area contributed by atoms with Crippen LogP contribution in [0.4, 0.5) is 0 Å². The molecule has 0 bridgehead atoms. The van der Waals surface area contributed by atoms with Crippen LogP contribution in [0.5, 0.6) is 0 Å². The van der Waals surface area contributed by atoms with Gasteiger partial charge in [-0.25, -0.2) is 4.98 Å². The summed E-state index contributed by atoms with van der Waals surface area (Å²) < 4.78 is 0. The van der Waals surface area contributed by atoms with E-state index in [4.69, 9.17) is 0 Å². The first-order valence-electron chi connectivity index (χ1n) is 10.5. The second-order valence-electron chi connectivity index (χ2n) is 7.74. The van der Waals surface area contributed by atoms with Crippen LogP contribution in [0.2, 0.25) is 0 Å². The number of aromatic nitrogens is 1. The van der Waals surface area contributed by atoms with Crippen molar-refractivity contribution in [3.63, 3.8) is 0 Å². The third-order valence-electron chi connectivity index (χ3n) is 5.75. The lowest BCUT2D eigenvalue weighted by Crippen LogP contribution is -2.51. The summed E-state index contributed by atoms with van der Waals surface area (Å²) in [6.45, 7) is 10.3. The molecule has 1 saturated heterocycles. The molecule has 1 aromatic heterocycles. The Morgan fingerprint density at radius 2 is 1.89 bits per heavy atom. The Balaban J connectivity index is 1.33. The molecular formula is C20H34N6OS. The molecule has 1 aliphatic heterocycles. The Morgan fingerprint density at radius 3 is 2.50 bits per heavy atom. The second-order valence-corrected chi connectivity index (χ2v) is 9.03. The van der Waals surface area contributed by atoms with Crippen molar-refractivity contribution < 1.29 is 4.79 Å². The van der Waals surface area contributed by atoms with Crippen molar-refractivity contribution in [3.8, 4) is 0 Å². The predicted molar refractivity (Wildman–Crippen MR) is 115 cm³/mol. The predicted octanol–water partition coefficient (Wildman–Crippen LogP) is 1.76. The number of piperazine rings is 1. The van der Waals surface area contributed by atoms with E-state index in [1.807, 2.05) is 13.8 Å². The molecule has 2 heterocycles. The van der Waals surface area contributed by atoms with Crippen molar-refractivity contribution in [2.45, 2.75) is 46.1 Å². The average Bonchev–Trinajstić information content (AvgIpc) is 3.34. The molecule has 0 atom stereocenters. The van der Waals surface area contributed by atoms with Crippen molar-refractivity contribution in [2.75, 3.05) is 46.3 Å². The van der Waals surface area contributed by atoms with Crippen molar-refractivity contribution >= 4 is 23.2 Å². The SMILES string of the molecule is CN=C(NCCN1CCN(C(=O)C2CCCC2)CC1)NCc1sc(C)nc1C. The smallest absolute Gasteiger partial charge is 0.225 e. The highest BCUT2D eigenvalue weighted by Gasteiger charge is 2.29. The van der Waals surface area contributed by atoms with Crippen molar-refractivity contribution in [1.29, 1.82) is 0 Å². The number of carbonyl (C=O) groups is 1. The zero-order valence-corrected chi connectivity index (χ0v) is 18.3. The van der Waals surface area contributed by atoms with Crippen LogP contribution in [0.1, 0.15) is 41.3 Å². The first-order valence-corrected chi connectivity index (χ1v) is 11.3. The molecule has 1 saturated carbocycles. The lowest BCUT2D eigenvalue weighted by molar-refractivity contribution is -0.137. The van der Waals surface area contributed by atoms with Crippen LogP contribution in [0.15, 0.2) is 4.99 Å². The number of hydrogen-bond donors (Lipinski definition) is 2. The number of nitrogens with one attached hydrogen (secondary N) is 2. The molecule has 28 heavy (non-hydrogen) atoms. The summed E-state index contributed by atoms with van der Waals surface area (Å²) in [5, 5.41) is 7.86. The Hall–Kier alpha value is -1.67. The van der Waals surface area contributed by atoms with Gasteiger partial charge in [0.1, 0.15) is 0 Å². The first kappa shape index (κ1) is 21.0. The quantitative estimate of drug-likeness (QED) is 0.556. The number of carbonyl (C=O) groups excluding carboxylic acids is 1. The van der Waals surface area contributed by atoms with E-state index in [2.05, 4.69) is 30.4 Å². The number of thiazole rings is 1. The van der Waals surface area contributed by atoms with E-state index in [-0.39, 0.29) is 0 Å². The summed E-state index contributed by atoms with van der Waals surface area (Å²) in [4.78, 5) is 27.1. The van der Waals surface area contributed by atoms with Gasteiger partial charge in [-0.3, -0.25) is 14.7 Å². The van der Waals surface area contributed by atoms with Gasteiger partial charge in [-0.15, -0.1) is 11.3 Å². The maximum absolute atomic E-state index is 12.5. The molecule has 3 rings (SSSR count). The zero-order chi connectivity index (χ0) is 19.9. The van der Waals surface area contributed by atoms with E-state index < -0.39 is 0 Å². The Kier molecular flexibility index (Phi) is 7.67. The van der Waals surface area contributed by atoms with Gasteiger partial charge in [-0.05, 0) is 26.7 Å². The van der Waals surface area contributed by atoms with Crippen LogP contribution in [0.3, 0.4) is 0 Å². The van der Waals surface area contributed by atoms with Crippen molar-refractivity contribution in [1.82, 2.24) is 25.4 Å². The van der Waals surface area contributed by atoms with Gasteiger partial charge >= 0.3 is 0 Å². The van der Waals surface area contributed by atoms with Gasteiger partial charge in [-0.1, -0.05) is 12.8 Å². The molecular weight excluding hydrogens is 372 g/mol. The van der Waals surface area contributed by atoms with E-state index in [0.29, 0.717) is 11.8 Å². The fraction of sp³-hybridized carbons (Fsp3) is 0.750. The monoisotopic (exact) mass is 406 g/mol. The topological polar surface area (TPSA) is 72.9 Å². The maximum Gasteiger partial charge on any atom is 0.225 e. The second kappa shape index (κ2) is 10.2. The van der Waals surface area contributed by atoms with E-state index >= 15 is 0 Å². The highest BCUT2D eigenvalue weighted by molar-refractivity contribution is 7.11. The molecule has 8 heteroatoms. The molecule has 0 spiro atoms. The third-order valence-corrected chi connectivity index (χ3v) is 6.82. The lowest BCUT2D eigenvalue weighted by atomic mass is 10.1. The van der Waals surface area contributed by atoms with Crippen LogP contribution in [0, 0.1) is 19.8 Å². The molecule has 1 amide bonds. The maximum atomic E-state index is 12.5. The van der Waals surface area contributed by atoms with E-state index in [1.54, 1.807) is 18.4 Å². The number of aryl methyl sites for hydroxylation is 2. The van der Waals surface area contributed by atoms with E-state index in [1.165, 1.54) is 17.7 Å². The van der Waals surface area contributed by atoms with Crippen molar-refractivity contribution in [2.24, 2.45) is 10.9 Å². The fourth-order valence-electron chi connectivity index (χ4n) is 4.08. The minimum Gasteiger partial charge on any atom is -0.355 e. The number of aliphatic imine (C=N–C) groups is 1. The molecule has 0 unspecified atom stereocenters. The standard InChI is InChI=1S/C20H34N6OS/c1-15-18(28-16(2)24-15)14-23-20(21-3)22-8-9-25-10-12-26(13-11-25)19(27)17-6-4-5-7-17/h17H,4-14H2,1-3H3,(H2,21,22,23). The molecule has 7 nitrogen and oxygen atoms in total. The number of nitrogens with zero attached hydrogens (tertiary/aromatic N) is 4. The molecule has 2 N–H and O–H groups in total. The summed E-state index contributed by atoms with van der Waals surface area (Å²) in [5.74, 6) is 1.52. The fourth-order valence-corrected chi connectivity index (χ4v) is 4.95. The molecule has 2 aliphatic rings. The van der Waals surface area contributed by atoms with Gasteiger partial charge in [-0.2, -0.15) is 0 Å². The van der Waals surface area contributed by atoms with Gasteiger partial charge in [0, 0.05) is 57.1 Å². The normalized spacial score (nSPS) is 19.2. The Morgan fingerprint density at radius 1 is 1.18 bits per heavy atom. The molecule has 156 valence electrons. The minimum atomic E-state index is 0.300. The highest BCUT2D eigenvalue weighted by atomic mass is 32.1. The van der Waals surface area contributed by atoms with Gasteiger partial charge in [0.05, 0.1) is 17.2 Å². The van der Waals surface area contributed by atoms with Gasteiger partial charge in [0.15, 0.2) is 5.96 Å². The highest BCUT2D eigenvalue weighted by Crippen LogP contribution is 2.26. The average molecular weight is 407 g/mol. The summed E-state index contributed by atoms with van der Waals surface area (Å²) in [5.41, 5.74) is 1.09. The molecule has 2 fully saturated rings. The molecule has 0 aromatic carbocycles. The largest absolute Gasteiger partial charge is 0.355 e. The van der Waals surface area contributed by atoms with E-state index in [9.17, 15) is 4.79 Å². The Labute approximate surface area is 172 Å². The van der Waals surface area contributed by atoms with Crippen LogP contribution in [-0.4, -0.2) is 73.0 Å². The number of guanidine groups is 1. The van der Waals surface area contributed by atoms with Gasteiger partial charge in [0.2, 0.25) is 5.91 Å². The number of rotatable bonds is 6. The summed E-state index contributed by atoms with van der Waals surface area (Å²) in [6.07, 6.45) is 4.63. The van der Waals surface area contributed by atoms with Crippen LogP contribution >= 0.6 is 11.3 Å². The summed E-state index contributed by atoms with van der Waals surface area (Å²) >= 11 is 1.73. The lowest BCUT2D eigenvalue weighted by Gasteiger charge is -2.36. The summed E-state index contributed by atoms with van der Waals surface area (Å²) in [6, 6.07) is 0. The van der Waals surface area contributed by atoms with Crippen molar-refractivity contribution in [3.05, 3.63) is 15.6 Å². The van der Waals surface area contributed by atoms with E-state index in [0.717, 1.165) is 75.3 Å². The first-order chi connectivity index (χ1) is 13.6. The minimum absolute atomic E-state index is 0.300. The Bertz CT molecular complexity index is 674.